The molecule has 0 aromatic heterocycles. The molecule has 1 atom stereocenters. The van der Waals surface area contributed by atoms with Crippen molar-refractivity contribution in [3.63, 3.8) is 0 Å². The summed E-state index contributed by atoms with van der Waals surface area (Å²) in [6.45, 7) is 9.92. The van der Waals surface area contributed by atoms with Gasteiger partial charge in [-0.1, -0.05) is 68.8 Å². The number of hydrogen-bond acceptors (Lipinski definition) is 4. The maximum atomic E-state index is 13.6. The zero-order valence-electron chi connectivity index (χ0n) is 21.0. The SMILES string of the molecule is CC[C@H](C(=O)NCC(C)C)N(Cc1ccccc1)C(=O)CN(c1ccc(C)cc1C)S(C)(=O)=O. The van der Waals surface area contributed by atoms with E-state index >= 15 is 0 Å². The number of amides is 2. The highest BCUT2D eigenvalue weighted by atomic mass is 32.2. The lowest BCUT2D eigenvalue weighted by molar-refractivity contribution is -0.140. The number of nitrogens with zero attached hydrogens (tertiary/aromatic N) is 2. The standard InChI is InChI=1S/C26H37N3O4S/c1-7-23(26(31)27-16-19(2)3)28(17-22-11-9-8-10-12-22)25(30)18-29(34(6,32)33)24-14-13-20(4)15-21(24)5/h8-15,19,23H,7,16-18H2,1-6H3,(H,27,31)/t23-/m1/s1. The Kier molecular flexibility index (Phi) is 9.67. The Morgan fingerprint density at radius 3 is 2.21 bits per heavy atom. The van der Waals surface area contributed by atoms with Gasteiger partial charge in [-0.2, -0.15) is 0 Å². The Morgan fingerprint density at radius 1 is 1.03 bits per heavy atom. The number of carbonyl (C=O) groups excluding carboxylic acids is 2. The summed E-state index contributed by atoms with van der Waals surface area (Å²) in [5.41, 5.74) is 3.08. The van der Waals surface area contributed by atoms with Crippen molar-refractivity contribution >= 4 is 27.5 Å². The predicted octanol–water partition coefficient (Wildman–Crippen LogP) is 3.65. The van der Waals surface area contributed by atoms with Crippen LogP contribution in [0.5, 0.6) is 0 Å². The average molecular weight is 488 g/mol. The zero-order valence-corrected chi connectivity index (χ0v) is 21.9. The molecule has 0 unspecified atom stereocenters. The largest absolute Gasteiger partial charge is 0.354 e. The lowest BCUT2D eigenvalue weighted by atomic mass is 10.1. The van der Waals surface area contributed by atoms with E-state index in [9.17, 15) is 18.0 Å². The summed E-state index contributed by atoms with van der Waals surface area (Å²) in [7, 11) is -3.74. The first-order valence-corrected chi connectivity index (χ1v) is 13.4. The number of anilines is 1. The highest BCUT2D eigenvalue weighted by molar-refractivity contribution is 7.92. The molecule has 186 valence electrons. The first-order valence-electron chi connectivity index (χ1n) is 11.6. The normalized spacial score (nSPS) is 12.3. The summed E-state index contributed by atoms with van der Waals surface area (Å²) >= 11 is 0. The van der Waals surface area contributed by atoms with Gasteiger partial charge in [-0.15, -0.1) is 0 Å². The van der Waals surface area contributed by atoms with Crippen LogP contribution in [0.1, 0.15) is 43.9 Å². The Hall–Kier alpha value is -2.87. The predicted molar refractivity (Wildman–Crippen MR) is 137 cm³/mol. The van der Waals surface area contributed by atoms with Crippen LogP contribution in [0.25, 0.3) is 0 Å². The van der Waals surface area contributed by atoms with Gasteiger partial charge in [0, 0.05) is 13.1 Å². The molecule has 0 aliphatic rings. The minimum atomic E-state index is -3.74. The van der Waals surface area contributed by atoms with Gasteiger partial charge in [-0.05, 0) is 43.4 Å². The van der Waals surface area contributed by atoms with Crippen molar-refractivity contribution in [1.82, 2.24) is 10.2 Å². The van der Waals surface area contributed by atoms with Crippen LogP contribution in [0.15, 0.2) is 48.5 Å². The third-order valence-corrected chi connectivity index (χ3v) is 6.69. The quantitative estimate of drug-likeness (QED) is 0.524. The number of benzene rings is 2. The van der Waals surface area contributed by atoms with Crippen molar-refractivity contribution in [2.75, 3.05) is 23.7 Å². The fraction of sp³-hybridized carbons (Fsp3) is 0.462. The fourth-order valence-electron chi connectivity index (χ4n) is 3.80. The smallest absolute Gasteiger partial charge is 0.244 e. The van der Waals surface area contributed by atoms with Gasteiger partial charge < -0.3 is 10.2 Å². The molecule has 0 bridgehead atoms. The summed E-state index contributed by atoms with van der Waals surface area (Å²) in [6, 6.07) is 14.1. The number of carbonyl (C=O) groups is 2. The molecule has 2 amide bonds. The number of aryl methyl sites for hydroxylation is 2. The number of rotatable bonds is 11. The van der Waals surface area contributed by atoms with E-state index in [-0.39, 0.29) is 24.9 Å². The molecule has 0 aliphatic carbocycles. The lowest BCUT2D eigenvalue weighted by Gasteiger charge is -2.33. The van der Waals surface area contributed by atoms with Crippen LogP contribution in [0, 0.1) is 19.8 Å². The lowest BCUT2D eigenvalue weighted by Crippen LogP contribution is -2.52. The summed E-state index contributed by atoms with van der Waals surface area (Å²) in [5, 5.41) is 2.92. The van der Waals surface area contributed by atoms with Crippen LogP contribution in [0.4, 0.5) is 5.69 Å². The number of hydrogen-bond donors (Lipinski definition) is 1. The van der Waals surface area contributed by atoms with Crippen molar-refractivity contribution in [2.45, 2.75) is 53.6 Å². The summed E-state index contributed by atoms with van der Waals surface area (Å²) in [5.74, 6) is -0.399. The van der Waals surface area contributed by atoms with Crippen molar-refractivity contribution in [2.24, 2.45) is 5.92 Å². The molecule has 8 heteroatoms. The van der Waals surface area contributed by atoms with Gasteiger partial charge in [0.2, 0.25) is 21.8 Å². The van der Waals surface area contributed by atoms with Gasteiger partial charge in [0.25, 0.3) is 0 Å². The molecular formula is C26H37N3O4S. The molecule has 0 saturated heterocycles. The molecule has 0 saturated carbocycles. The van der Waals surface area contributed by atoms with Gasteiger partial charge >= 0.3 is 0 Å². The van der Waals surface area contributed by atoms with E-state index in [1.807, 2.05) is 77.1 Å². The monoisotopic (exact) mass is 487 g/mol. The number of sulfonamides is 1. The maximum absolute atomic E-state index is 13.6. The molecule has 34 heavy (non-hydrogen) atoms. The summed E-state index contributed by atoms with van der Waals surface area (Å²) in [6.07, 6.45) is 1.50. The van der Waals surface area contributed by atoms with Crippen LogP contribution in [-0.4, -0.2) is 50.5 Å². The second-order valence-corrected chi connectivity index (χ2v) is 11.0. The van der Waals surface area contributed by atoms with Crippen molar-refractivity contribution in [3.8, 4) is 0 Å². The second-order valence-electron chi connectivity index (χ2n) is 9.13. The summed E-state index contributed by atoms with van der Waals surface area (Å²) < 4.78 is 26.5. The van der Waals surface area contributed by atoms with Gasteiger partial charge in [0.15, 0.2) is 0 Å². The molecule has 0 fully saturated rings. The Bertz CT molecular complexity index is 1080. The van der Waals surface area contributed by atoms with E-state index in [4.69, 9.17) is 0 Å². The highest BCUT2D eigenvalue weighted by Crippen LogP contribution is 2.24. The molecule has 1 N–H and O–H groups in total. The Balaban J connectivity index is 2.42. The highest BCUT2D eigenvalue weighted by Gasteiger charge is 2.32. The molecule has 0 radical (unpaired) electrons. The molecule has 2 aromatic rings. The van der Waals surface area contributed by atoms with Crippen LogP contribution >= 0.6 is 0 Å². The van der Waals surface area contributed by atoms with E-state index < -0.39 is 22.0 Å². The molecular weight excluding hydrogens is 450 g/mol. The average Bonchev–Trinajstić information content (AvgIpc) is 2.76. The topological polar surface area (TPSA) is 86.8 Å². The van der Waals surface area contributed by atoms with Gasteiger partial charge in [-0.25, -0.2) is 8.42 Å². The Labute approximate surface area is 204 Å². The first kappa shape index (κ1) is 27.4. The van der Waals surface area contributed by atoms with Crippen molar-refractivity contribution < 1.29 is 18.0 Å². The second kappa shape index (κ2) is 12.0. The van der Waals surface area contributed by atoms with E-state index in [0.717, 1.165) is 27.3 Å². The molecule has 0 spiro atoms. The molecule has 0 aliphatic heterocycles. The van der Waals surface area contributed by atoms with Gasteiger partial charge in [0.1, 0.15) is 12.6 Å². The third-order valence-electron chi connectivity index (χ3n) is 5.57. The van der Waals surface area contributed by atoms with Gasteiger partial charge in [-0.3, -0.25) is 13.9 Å². The molecule has 2 aromatic carbocycles. The Morgan fingerprint density at radius 2 is 1.68 bits per heavy atom. The van der Waals surface area contributed by atoms with Crippen LogP contribution in [0.2, 0.25) is 0 Å². The third kappa shape index (κ3) is 7.58. The molecule has 7 nitrogen and oxygen atoms in total. The van der Waals surface area contributed by atoms with E-state index in [1.54, 1.807) is 6.07 Å². The maximum Gasteiger partial charge on any atom is 0.244 e. The number of nitrogens with one attached hydrogen (secondary N) is 1. The van der Waals surface area contributed by atoms with Crippen LogP contribution in [0.3, 0.4) is 0 Å². The van der Waals surface area contributed by atoms with Crippen molar-refractivity contribution in [1.29, 1.82) is 0 Å². The van der Waals surface area contributed by atoms with Crippen LogP contribution < -0.4 is 9.62 Å². The van der Waals surface area contributed by atoms with E-state index in [0.29, 0.717) is 18.7 Å². The van der Waals surface area contributed by atoms with Crippen molar-refractivity contribution in [3.05, 3.63) is 65.2 Å². The van der Waals surface area contributed by atoms with Gasteiger partial charge in [0.05, 0.1) is 11.9 Å². The van der Waals surface area contributed by atoms with E-state index in [1.165, 1.54) is 4.90 Å². The fourth-order valence-corrected chi connectivity index (χ4v) is 4.71. The van der Waals surface area contributed by atoms with E-state index in [2.05, 4.69) is 5.32 Å². The first-order chi connectivity index (χ1) is 15.9. The molecule has 2 rings (SSSR count). The van der Waals surface area contributed by atoms with Crippen LogP contribution in [-0.2, 0) is 26.2 Å². The minimum Gasteiger partial charge on any atom is -0.354 e. The minimum absolute atomic E-state index is 0.206. The summed E-state index contributed by atoms with van der Waals surface area (Å²) in [4.78, 5) is 28.2. The molecule has 0 heterocycles. The zero-order chi connectivity index (χ0) is 25.5.